The standard InChI is InChI=1S/C20H26N2O2/c21-10-9-20-15-22(11-12-23-20)14-18-7-4-8-19(13-18)24-16-17-5-2-1-3-6-17/h1-8,13,20H,9-12,14-16,21H2/t20-/m1/s1. The molecule has 4 nitrogen and oxygen atoms in total. The molecule has 1 saturated heterocycles. The molecule has 0 unspecified atom stereocenters. The molecule has 24 heavy (non-hydrogen) atoms. The van der Waals surface area contributed by atoms with Crippen molar-refractivity contribution in [2.45, 2.75) is 25.7 Å². The molecule has 128 valence electrons. The number of nitrogens with zero attached hydrogens (tertiary/aromatic N) is 1. The third-order valence-corrected chi connectivity index (χ3v) is 4.26. The van der Waals surface area contributed by atoms with E-state index < -0.39 is 0 Å². The second-order valence-corrected chi connectivity index (χ2v) is 6.23. The maximum absolute atomic E-state index is 5.92. The summed E-state index contributed by atoms with van der Waals surface area (Å²) in [6.07, 6.45) is 1.19. The van der Waals surface area contributed by atoms with Crippen LogP contribution in [-0.2, 0) is 17.9 Å². The van der Waals surface area contributed by atoms with Gasteiger partial charge in [-0.25, -0.2) is 0 Å². The molecule has 1 atom stereocenters. The van der Waals surface area contributed by atoms with Crippen LogP contribution in [0.15, 0.2) is 54.6 Å². The van der Waals surface area contributed by atoms with Gasteiger partial charge >= 0.3 is 0 Å². The molecule has 0 aromatic heterocycles. The molecule has 0 spiro atoms. The van der Waals surface area contributed by atoms with Gasteiger partial charge in [0.2, 0.25) is 0 Å². The molecule has 0 amide bonds. The lowest BCUT2D eigenvalue weighted by Gasteiger charge is -2.32. The molecule has 0 bridgehead atoms. The van der Waals surface area contributed by atoms with Crippen LogP contribution in [0.4, 0.5) is 0 Å². The van der Waals surface area contributed by atoms with Crippen molar-refractivity contribution in [3.05, 3.63) is 65.7 Å². The van der Waals surface area contributed by atoms with Gasteiger partial charge in [0.05, 0.1) is 12.7 Å². The Labute approximate surface area is 144 Å². The van der Waals surface area contributed by atoms with Gasteiger partial charge in [-0.3, -0.25) is 4.90 Å². The van der Waals surface area contributed by atoms with Crippen LogP contribution in [0.2, 0.25) is 0 Å². The zero-order valence-electron chi connectivity index (χ0n) is 14.1. The van der Waals surface area contributed by atoms with Crippen LogP contribution in [-0.4, -0.2) is 37.2 Å². The summed E-state index contributed by atoms with van der Waals surface area (Å²) in [5.74, 6) is 0.920. The predicted molar refractivity (Wildman–Crippen MR) is 95.9 cm³/mol. The van der Waals surface area contributed by atoms with Gasteiger partial charge in [0.1, 0.15) is 12.4 Å². The Hall–Kier alpha value is -1.88. The Morgan fingerprint density at radius 2 is 1.92 bits per heavy atom. The first-order valence-corrected chi connectivity index (χ1v) is 8.63. The van der Waals surface area contributed by atoms with E-state index >= 15 is 0 Å². The highest BCUT2D eigenvalue weighted by molar-refractivity contribution is 5.29. The molecule has 2 aromatic carbocycles. The van der Waals surface area contributed by atoms with Crippen LogP contribution in [0.25, 0.3) is 0 Å². The van der Waals surface area contributed by atoms with Crippen molar-refractivity contribution in [1.82, 2.24) is 4.90 Å². The van der Waals surface area contributed by atoms with Crippen molar-refractivity contribution < 1.29 is 9.47 Å². The molecule has 3 rings (SSSR count). The minimum atomic E-state index is 0.265. The van der Waals surface area contributed by atoms with Gasteiger partial charge in [-0.05, 0) is 36.2 Å². The smallest absolute Gasteiger partial charge is 0.120 e. The van der Waals surface area contributed by atoms with Crippen LogP contribution >= 0.6 is 0 Å². The number of rotatable bonds is 7. The third-order valence-electron chi connectivity index (χ3n) is 4.26. The van der Waals surface area contributed by atoms with Gasteiger partial charge in [0, 0.05) is 19.6 Å². The van der Waals surface area contributed by atoms with Gasteiger partial charge in [0.15, 0.2) is 0 Å². The third kappa shape index (κ3) is 5.06. The maximum atomic E-state index is 5.92. The summed E-state index contributed by atoms with van der Waals surface area (Å²) in [5, 5.41) is 0. The fraction of sp³-hybridized carbons (Fsp3) is 0.400. The molecule has 4 heteroatoms. The molecular weight excluding hydrogens is 300 g/mol. The summed E-state index contributed by atoms with van der Waals surface area (Å²) < 4.78 is 11.7. The Kier molecular flexibility index (Phi) is 6.24. The topological polar surface area (TPSA) is 47.7 Å². The molecule has 2 N–H and O–H groups in total. The van der Waals surface area contributed by atoms with Crippen molar-refractivity contribution in [3.8, 4) is 5.75 Å². The first kappa shape index (κ1) is 17.0. The van der Waals surface area contributed by atoms with Crippen molar-refractivity contribution >= 4 is 0 Å². The number of hydrogen-bond donors (Lipinski definition) is 1. The first-order chi connectivity index (χ1) is 11.8. The average molecular weight is 326 g/mol. The van der Waals surface area contributed by atoms with Gasteiger partial charge < -0.3 is 15.2 Å². The van der Waals surface area contributed by atoms with Crippen LogP contribution in [0, 0.1) is 0 Å². The highest BCUT2D eigenvalue weighted by atomic mass is 16.5. The van der Waals surface area contributed by atoms with E-state index in [0.29, 0.717) is 13.2 Å². The quantitative estimate of drug-likeness (QED) is 0.850. The van der Waals surface area contributed by atoms with Crippen molar-refractivity contribution in [3.63, 3.8) is 0 Å². The zero-order chi connectivity index (χ0) is 16.6. The second kappa shape index (κ2) is 8.83. The van der Waals surface area contributed by atoms with Crippen molar-refractivity contribution in [2.24, 2.45) is 5.73 Å². The van der Waals surface area contributed by atoms with Crippen molar-refractivity contribution in [1.29, 1.82) is 0 Å². The Bertz CT molecular complexity index is 616. The SMILES string of the molecule is NCC[C@@H]1CN(Cc2cccc(OCc3ccccc3)c2)CCO1. The van der Waals surface area contributed by atoms with Crippen LogP contribution < -0.4 is 10.5 Å². The highest BCUT2D eigenvalue weighted by Crippen LogP contribution is 2.18. The fourth-order valence-corrected chi connectivity index (χ4v) is 3.02. The molecular formula is C20H26N2O2. The second-order valence-electron chi connectivity index (χ2n) is 6.23. The number of hydrogen-bond acceptors (Lipinski definition) is 4. The number of benzene rings is 2. The van der Waals surface area contributed by atoms with Crippen molar-refractivity contribution in [2.75, 3.05) is 26.2 Å². The molecule has 1 heterocycles. The number of ether oxygens (including phenoxy) is 2. The maximum Gasteiger partial charge on any atom is 0.120 e. The number of morpholine rings is 1. The zero-order valence-corrected chi connectivity index (χ0v) is 14.1. The van der Waals surface area contributed by atoms with Gasteiger partial charge in [-0.1, -0.05) is 42.5 Å². The molecule has 1 aliphatic rings. The lowest BCUT2D eigenvalue weighted by atomic mass is 10.1. The largest absolute Gasteiger partial charge is 0.489 e. The summed E-state index contributed by atoms with van der Waals surface area (Å²) in [5.41, 5.74) is 8.10. The summed E-state index contributed by atoms with van der Waals surface area (Å²) in [6, 6.07) is 18.6. The predicted octanol–water partition coefficient (Wildman–Crippen LogP) is 2.82. The lowest BCUT2D eigenvalue weighted by Crippen LogP contribution is -2.42. The molecule has 1 aliphatic heterocycles. The Morgan fingerprint density at radius 1 is 1.08 bits per heavy atom. The van der Waals surface area contributed by atoms with Crippen LogP contribution in [0.5, 0.6) is 5.75 Å². The Morgan fingerprint density at radius 3 is 2.75 bits per heavy atom. The lowest BCUT2D eigenvalue weighted by molar-refractivity contribution is -0.0335. The first-order valence-electron chi connectivity index (χ1n) is 8.63. The van der Waals surface area contributed by atoms with E-state index in [9.17, 15) is 0 Å². The monoisotopic (exact) mass is 326 g/mol. The van der Waals surface area contributed by atoms with E-state index in [4.69, 9.17) is 15.2 Å². The highest BCUT2D eigenvalue weighted by Gasteiger charge is 2.19. The van der Waals surface area contributed by atoms with E-state index in [1.165, 1.54) is 11.1 Å². The van der Waals surface area contributed by atoms with E-state index in [1.807, 2.05) is 24.3 Å². The average Bonchev–Trinajstić information content (AvgIpc) is 2.62. The molecule has 2 aromatic rings. The molecule has 0 saturated carbocycles. The van der Waals surface area contributed by atoms with Gasteiger partial charge in [-0.2, -0.15) is 0 Å². The fourth-order valence-electron chi connectivity index (χ4n) is 3.02. The van der Waals surface area contributed by atoms with E-state index in [2.05, 4.69) is 35.2 Å². The van der Waals surface area contributed by atoms with E-state index in [-0.39, 0.29) is 6.10 Å². The normalized spacial score (nSPS) is 18.5. The van der Waals surface area contributed by atoms with E-state index in [0.717, 1.165) is 38.4 Å². The summed E-state index contributed by atoms with van der Waals surface area (Å²) in [6.45, 7) is 4.91. The Balaban J connectivity index is 1.55. The van der Waals surface area contributed by atoms with Crippen LogP contribution in [0.3, 0.4) is 0 Å². The van der Waals surface area contributed by atoms with Gasteiger partial charge in [0.25, 0.3) is 0 Å². The van der Waals surface area contributed by atoms with Gasteiger partial charge in [-0.15, -0.1) is 0 Å². The summed E-state index contributed by atoms with van der Waals surface area (Å²) >= 11 is 0. The molecule has 0 aliphatic carbocycles. The minimum absolute atomic E-state index is 0.265. The van der Waals surface area contributed by atoms with E-state index in [1.54, 1.807) is 0 Å². The van der Waals surface area contributed by atoms with Crippen LogP contribution in [0.1, 0.15) is 17.5 Å². The molecule has 0 radical (unpaired) electrons. The number of nitrogens with two attached hydrogens (primary N) is 1. The summed E-state index contributed by atoms with van der Waals surface area (Å²) in [7, 11) is 0. The minimum Gasteiger partial charge on any atom is -0.489 e. The summed E-state index contributed by atoms with van der Waals surface area (Å²) in [4.78, 5) is 2.43. The molecule has 1 fully saturated rings.